The summed E-state index contributed by atoms with van der Waals surface area (Å²) in [7, 11) is 0. The van der Waals surface area contributed by atoms with E-state index in [0.717, 1.165) is 3.57 Å². The van der Waals surface area contributed by atoms with Gasteiger partial charge < -0.3 is 15.5 Å². The highest BCUT2D eigenvalue weighted by Crippen LogP contribution is 2.17. The fourth-order valence-corrected chi connectivity index (χ4v) is 4.59. The van der Waals surface area contributed by atoms with Crippen LogP contribution in [0.5, 0.6) is 0 Å². The average Bonchev–Trinajstić information content (AvgIpc) is 3.00. The number of nitrogens with one attached hydrogen (secondary N) is 2. The molecule has 1 aliphatic rings. The van der Waals surface area contributed by atoms with Crippen LogP contribution in [0.1, 0.15) is 53.8 Å². The summed E-state index contributed by atoms with van der Waals surface area (Å²) in [5.41, 5.74) is 0.784. The molecular formula is C26H29FIN3O4. The Hall–Kier alpha value is -2.82. The molecule has 2 aromatic rings. The highest BCUT2D eigenvalue weighted by Gasteiger charge is 2.32. The second-order valence-corrected chi connectivity index (χ2v) is 10.2. The molecule has 7 nitrogen and oxygen atoms in total. The Bertz CT molecular complexity index is 1090. The average molecular weight is 593 g/mol. The third-order valence-electron chi connectivity index (χ3n) is 5.80. The van der Waals surface area contributed by atoms with Crippen molar-refractivity contribution in [3.63, 3.8) is 0 Å². The number of ketones is 1. The summed E-state index contributed by atoms with van der Waals surface area (Å²) >= 11 is 2.10. The Labute approximate surface area is 218 Å². The molecule has 186 valence electrons. The van der Waals surface area contributed by atoms with Crippen LogP contribution in [0.4, 0.5) is 4.39 Å². The highest BCUT2D eigenvalue weighted by atomic mass is 127. The predicted octanol–water partition coefficient (Wildman–Crippen LogP) is 3.56. The minimum absolute atomic E-state index is 0.0917. The number of hydrogen-bond donors (Lipinski definition) is 2. The number of likely N-dealkylation sites (tertiary alicyclic amines) is 1. The van der Waals surface area contributed by atoms with E-state index in [1.807, 2.05) is 26.0 Å². The van der Waals surface area contributed by atoms with Crippen molar-refractivity contribution in [1.29, 1.82) is 0 Å². The molecule has 0 spiro atoms. The maximum absolute atomic E-state index is 13.2. The standard InChI is InChI=1S/C26H29FIN3O4/c1-16(2)14-22(30-24(33)17-9-11-18(27)12-10-17)25(34)29-21-8-5-13-31(15-23(21)32)26(35)19-6-3-4-7-20(19)28/h3-4,6-7,9-12,16,21-22H,5,8,13-15H2,1-2H3,(H,29,34)(H,30,33). The lowest BCUT2D eigenvalue weighted by Crippen LogP contribution is -2.52. The number of benzene rings is 2. The van der Waals surface area contributed by atoms with E-state index in [1.165, 1.54) is 29.2 Å². The predicted molar refractivity (Wildman–Crippen MR) is 138 cm³/mol. The van der Waals surface area contributed by atoms with E-state index < -0.39 is 29.7 Å². The quantitative estimate of drug-likeness (QED) is 0.481. The van der Waals surface area contributed by atoms with Gasteiger partial charge in [0, 0.05) is 15.7 Å². The second kappa shape index (κ2) is 12.2. The first-order valence-corrected chi connectivity index (χ1v) is 12.7. The molecule has 3 rings (SSSR count). The molecule has 0 bridgehead atoms. The van der Waals surface area contributed by atoms with Crippen LogP contribution in [0, 0.1) is 15.3 Å². The molecule has 1 heterocycles. The Morgan fingerprint density at radius 3 is 2.46 bits per heavy atom. The number of nitrogens with zero attached hydrogens (tertiary/aromatic N) is 1. The van der Waals surface area contributed by atoms with E-state index >= 15 is 0 Å². The zero-order valence-electron chi connectivity index (χ0n) is 19.7. The minimum Gasteiger partial charge on any atom is -0.344 e. The molecule has 2 unspecified atom stereocenters. The summed E-state index contributed by atoms with van der Waals surface area (Å²) in [4.78, 5) is 53.2. The summed E-state index contributed by atoms with van der Waals surface area (Å²) in [5, 5.41) is 5.50. The van der Waals surface area contributed by atoms with E-state index in [9.17, 15) is 23.6 Å². The van der Waals surface area contributed by atoms with Gasteiger partial charge in [0.25, 0.3) is 11.8 Å². The van der Waals surface area contributed by atoms with Gasteiger partial charge in [0.05, 0.1) is 18.2 Å². The van der Waals surface area contributed by atoms with Crippen LogP contribution in [0.15, 0.2) is 48.5 Å². The summed E-state index contributed by atoms with van der Waals surface area (Å²) < 4.78 is 14.0. The highest BCUT2D eigenvalue weighted by molar-refractivity contribution is 14.1. The van der Waals surface area contributed by atoms with E-state index in [-0.39, 0.29) is 29.7 Å². The van der Waals surface area contributed by atoms with Gasteiger partial charge in [-0.3, -0.25) is 19.2 Å². The maximum atomic E-state index is 13.2. The van der Waals surface area contributed by atoms with Gasteiger partial charge in [-0.15, -0.1) is 0 Å². The Kier molecular flexibility index (Phi) is 9.36. The zero-order chi connectivity index (χ0) is 25.5. The number of carbonyl (C=O) groups is 4. The van der Waals surface area contributed by atoms with Gasteiger partial charge in [-0.1, -0.05) is 26.0 Å². The first kappa shape index (κ1) is 26.8. The molecule has 1 fully saturated rings. The van der Waals surface area contributed by atoms with Crippen molar-refractivity contribution in [3.8, 4) is 0 Å². The van der Waals surface area contributed by atoms with Crippen LogP contribution in [-0.2, 0) is 9.59 Å². The van der Waals surface area contributed by atoms with Crippen LogP contribution >= 0.6 is 22.6 Å². The van der Waals surface area contributed by atoms with Gasteiger partial charge in [-0.25, -0.2) is 4.39 Å². The summed E-state index contributed by atoms with van der Waals surface area (Å²) in [6.45, 7) is 4.18. The van der Waals surface area contributed by atoms with E-state index in [1.54, 1.807) is 12.1 Å². The molecule has 0 saturated carbocycles. The number of hydrogen-bond acceptors (Lipinski definition) is 4. The van der Waals surface area contributed by atoms with Crippen molar-refractivity contribution in [3.05, 3.63) is 69.0 Å². The van der Waals surface area contributed by atoms with Crippen LogP contribution in [0.2, 0.25) is 0 Å². The first-order chi connectivity index (χ1) is 16.7. The van der Waals surface area contributed by atoms with Crippen molar-refractivity contribution in [1.82, 2.24) is 15.5 Å². The number of rotatable bonds is 7. The Morgan fingerprint density at radius 2 is 1.80 bits per heavy atom. The van der Waals surface area contributed by atoms with Gasteiger partial charge in [-0.05, 0) is 84.2 Å². The van der Waals surface area contributed by atoms with Gasteiger partial charge in [-0.2, -0.15) is 0 Å². The van der Waals surface area contributed by atoms with Crippen LogP contribution in [0.25, 0.3) is 0 Å². The molecule has 0 aromatic heterocycles. The third kappa shape index (κ3) is 7.33. The van der Waals surface area contributed by atoms with E-state index in [0.29, 0.717) is 31.4 Å². The lowest BCUT2D eigenvalue weighted by molar-refractivity contribution is -0.129. The number of carbonyl (C=O) groups excluding carboxylic acids is 4. The molecule has 0 aliphatic carbocycles. The topological polar surface area (TPSA) is 95.6 Å². The lowest BCUT2D eigenvalue weighted by Gasteiger charge is -2.24. The van der Waals surface area contributed by atoms with Crippen LogP contribution in [0.3, 0.4) is 0 Å². The Morgan fingerprint density at radius 1 is 1.11 bits per heavy atom. The monoisotopic (exact) mass is 593 g/mol. The molecule has 2 atom stereocenters. The zero-order valence-corrected chi connectivity index (χ0v) is 21.9. The van der Waals surface area contributed by atoms with Crippen molar-refractivity contribution >= 4 is 46.1 Å². The molecule has 35 heavy (non-hydrogen) atoms. The molecule has 9 heteroatoms. The molecule has 2 N–H and O–H groups in total. The molecule has 3 amide bonds. The molecule has 2 aromatic carbocycles. The molecule has 1 aliphatic heterocycles. The first-order valence-electron chi connectivity index (χ1n) is 11.6. The van der Waals surface area contributed by atoms with E-state index in [2.05, 4.69) is 33.2 Å². The van der Waals surface area contributed by atoms with Crippen molar-refractivity contribution in [2.75, 3.05) is 13.1 Å². The van der Waals surface area contributed by atoms with Crippen LogP contribution < -0.4 is 10.6 Å². The fraction of sp³-hybridized carbons (Fsp3) is 0.385. The second-order valence-electron chi connectivity index (χ2n) is 9.04. The van der Waals surface area contributed by atoms with Crippen LogP contribution in [-0.4, -0.2) is 53.6 Å². The SMILES string of the molecule is CC(C)CC(NC(=O)c1ccc(F)cc1)C(=O)NC1CCCN(C(=O)c2ccccc2I)CC1=O. The largest absolute Gasteiger partial charge is 0.344 e. The fourth-order valence-electron chi connectivity index (χ4n) is 3.97. The van der Waals surface area contributed by atoms with Gasteiger partial charge in [0.15, 0.2) is 5.78 Å². The van der Waals surface area contributed by atoms with Crippen molar-refractivity contribution in [2.45, 2.75) is 45.2 Å². The maximum Gasteiger partial charge on any atom is 0.255 e. The normalized spacial score (nSPS) is 17.0. The number of halogens is 2. The van der Waals surface area contributed by atoms with Crippen molar-refractivity contribution in [2.24, 2.45) is 5.92 Å². The lowest BCUT2D eigenvalue weighted by atomic mass is 10.0. The minimum atomic E-state index is -0.854. The molecular weight excluding hydrogens is 564 g/mol. The van der Waals surface area contributed by atoms with Crippen molar-refractivity contribution < 1.29 is 23.6 Å². The summed E-state index contributed by atoms with van der Waals surface area (Å²) in [5.74, 6) is -1.76. The van der Waals surface area contributed by atoms with Gasteiger partial charge >= 0.3 is 0 Å². The van der Waals surface area contributed by atoms with E-state index in [4.69, 9.17) is 0 Å². The van der Waals surface area contributed by atoms with Gasteiger partial charge in [0.2, 0.25) is 5.91 Å². The molecule has 0 radical (unpaired) electrons. The smallest absolute Gasteiger partial charge is 0.255 e. The third-order valence-corrected chi connectivity index (χ3v) is 6.74. The van der Waals surface area contributed by atoms with Gasteiger partial charge in [0.1, 0.15) is 11.9 Å². The molecule has 1 saturated heterocycles. The Balaban J connectivity index is 1.66. The summed E-state index contributed by atoms with van der Waals surface area (Å²) in [6.07, 6.45) is 1.33. The number of amides is 3. The number of Topliss-reactive ketones (excluding diaryl/α,β-unsaturated/α-hetero) is 1. The summed E-state index contributed by atoms with van der Waals surface area (Å²) in [6, 6.07) is 10.7.